The number of hydrogen-bond acceptors (Lipinski definition) is 5. The molecule has 1 heterocycles. The summed E-state index contributed by atoms with van der Waals surface area (Å²) in [6.45, 7) is 5.24. The zero-order valence-electron chi connectivity index (χ0n) is 15.4. The summed E-state index contributed by atoms with van der Waals surface area (Å²) >= 11 is 0. The first kappa shape index (κ1) is 18.3. The highest BCUT2D eigenvalue weighted by molar-refractivity contribution is 6.09. The first-order valence-corrected chi connectivity index (χ1v) is 9.09. The van der Waals surface area contributed by atoms with Gasteiger partial charge in [-0.3, -0.25) is 4.79 Å². The monoisotopic (exact) mass is 353 g/mol. The van der Waals surface area contributed by atoms with Crippen molar-refractivity contribution in [3.63, 3.8) is 0 Å². The van der Waals surface area contributed by atoms with E-state index in [1.165, 1.54) is 12.8 Å². The third-order valence-corrected chi connectivity index (χ3v) is 5.00. The molecular weight excluding hydrogens is 326 g/mol. The highest BCUT2D eigenvalue weighted by atomic mass is 16.5. The van der Waals surface area contributed by atoms with Gasteiger partial charge in [0, 0.05) is 17.2 Å². The summed E-state index contributed by atoms with van der Waals surface area (Å²) in [4.78, 5) is 12.6. The minimum Gasteiger partial charge on any atom is -0.486 e. The van der Waals surface area contributed by atoms with E-state index in [2.05, 4.69) is 19.2 Å². The summed E-state index contributed by atoms with van der Waals surface area (Å²) in [5, 5.41) is 3.54. The normalized spacial score (nSPS) is 17.7. The number of nitrogen functional groups attached to an aromatic ring is 2. The van der Waals surface area contributed by atoms with E-state index in [9.17, 15) is 4.79 Å². The fourth-order valence-corrected chi connectivity index (χ4v) is 3.38. The van der Waals surface area contributed by atoms with Gasteiger partial charge in [-0.25, -0.2) is 0 Å². The van der Waals surface area contributed by atoms with Crippen molar-refractivity contribution in [3.8, 4) is 5.75 Å². The molecule has 5 heteroatoms. The molecular formula is C21H27N3O2. The van der Waals surface area contributed by atoms with E-state index in [-0.39, 0.29) is 11.4 Å². The molecule has 1 saturated heterocycles. The van der Waals surface area contributed by atoms with Crippen LogP contribution in [-0.2, 0) is 0 Å². The van der Waals surface area contributed by atoms with Gasteiger partial charge in [-0.1, -0.05) is 6.42 Å². The fourth-order valence-electron chi connectivity index (χ4n) is 3.38. The number of hydrogen-bond donors (Lipinski definition) is 3. The van der Waals surface area contributed by atoms with E-state index in [0.717, 1.165) is 18.7 Å². The number of carbonyl (C=O) groups is 1. The number of piperidine rings is 1. The van der Waals surface area contributed by atoms with Crippen LogP contribution in [0.2, 0.25) is 0 Å². The van der Waals surface area contributed by atoms with Crippen molar-refractivity contribution >= 4 is 17.2 Å². The molecule has 0 amide bonds. The van der Waals surface area contributed by atoms with Crippen molar-refractivity contribution in [3.05, 3.63) is 53.6 Å². The Labute approximate surface area is 154 Å². The van der Waals surface area contributed by atoms with E-state index < -0.39 is 0 Å². The highest BCUT2D eigenvalue weighted by Gasteiger charge is 2.32. The van der Waals surface area contributed by atoms with Gasteiger partial charge in [0.25, 0.3) is 0 Å². The molecule has 3 rings (SSSR count). The van der Waals surface area contributed by atoms with Gasteiger partial charge in [0.15, 0.2) is 5.78 Å². The molecule has 0 saturated carbocycles. The zero-order chi connectivity index (χ0) is 18.7. The first-order chi connectivity index (χ1) is 12.4. The Kier molecular flexibility index (Phi) is 5.18. The smallest absolute Gasteiger partial charge is 0.193 e. The lowest BCUT2D eigenvalue weighted by atomic mass is 9.91. The molecule has 2 aromatic rings. The minimum atomic E-state index is -0.308. The van der Waals surface area contributed by atoms with E-state index in [0.29, 0.717) is 28.5 Å². The molecule has 0 radical (unpaired) electrons. The number of benzene rings is 2. The van der Waals surface area contributed by atoms with Crippen molar-refractivity contribution in [2.24, 2.45) is 0 Å². The van der Waals surface area contributed by atoms with Gasteiger partial charge in [0.2, 0.25) is 0 Å². The van der Waals surface area contributed by atoms with Crippen molar-refractivity contribution in [1.29, 1.82) is 0 Å². The van der Waals surface area contributed by atoms with E-state index >= 15 is 0 Å². The van der Waals surface area contributed by atoms with Crippen LogP contribution in [0.1, 0.15) is 49.0 Å². The van der Waals surface area contributed by atoms with Crippen LogP contribution in [-0.4, -0.2) is 24.0 Å². The van der Waals surface area contributed by atoms with Gasteiger partial charge in [0.1, 0.15) is 11.4 Å². The van der Waals surface area contributed by atoms with E-state index in [1.54, 1.807) is 30.3 Å². The maximum absolute atomic E-state index is 12.6. The van der Waals surface area contributed by atoms with Crippen LogP contribution in [0.3, 0.4) is 0 Å². The second-order valence-corrected chi connectivity index (χ2v) is 7.41. The highest BCUT2D eigenvalue weighted by Crippen LogP contribution is 2.26. The fraction of sp³-hybridized carbons (Fsp3) is 0.381. The van der Waals surface area contributed by atoms with Gasteiger partial charge >= 0.3 is 0 Å². The van der Waals surface area contributed by atoms with Gasteiger partial charge < -0.3 is 21.5 Å². The van der Waals surface area contributed by atoms with Gasteiger partial charge in [-0.05, 0) is 75.7 Å². The lowest BCUT2D eigenvalue weighted by Gasteiger charge is -2.38. The first-order valence-electron chi connectivity index (χ1n) is 9.09. The summed E-state index contributed by atoms with van der Waals surface area (Å²) < 4.78 is 6.21. The lowest BCUT2D eigenvalue weighted by Crippen LogP contribution is -2.52. The minimum absolute atomic E-state index is 0.0866. The average molecular weight is 353 g/mol. The SMILES string of the molecule is CC(C)(Oc1ccc(C(=O)c2ccc(N)c(N)c2)cc1)C1CCCCN1. The summed E-state index contributed by atoms with van der Waals surface area (Å²) in [6.07, 6.45) is 3.56. The number of ketones is 1. The third kappa shape index (κ3) is 3.99. The molecule has 0 aromatic heterocycles. The van der Waals surface area contributed by atoms with Crippen molar-refractivity contribution in [2.75, 3.05) is 18.0 Å². The molecule has 5 N–H and O–H groups in total. The number of nitrogens with one attached hydrogen (secondary N) is 1. The number of anilines is 2. The number of carbonyl (C=O) groups excluding carboxylic acids is 1. The van der Waals surface area contributed by atoms with Gasteiger partial charge in [-0.15, -0.1) is 0 Å². The van der Waals surface area contributed by atoms with Crippen LogP contribution >= 0.6 is 0 Å². The zero-order valence-corrected chi connectivity index (χ0v) is 15.4. The Balaban J connectivity index is 1.71. The Morgan fingerprint density at radius 1 is 1.04 bits per heavy atom. The van der Waals surface area contributed by atoms with E-state index in [4.69, 9.17) is 16.2 Å². The molecule has 2 aromatic carbocycles. The molecule has 1 unspecified atom stereocenters. The molecule has 5 nitrogen and oxygen atoms in total. The van der Waals surface area contributed by atoms with Gasteiger partial charge in [-0.2, -0.15) is 0 Å². The third-order valence-electron chi connectivity index (χ3n) is 5.00. The second kappa shape index (κ2) is 7.38. The van der Waals surface area contributed by atoms with Crippen molar-refractivity contribution in [1.82, 2.24) is 5.32 Å². The van der Waals surface area contributed by atoms with Crippen LogP contribution in [0.5, 0.6) is 5.75 Å². The van der Waals surface area contributed by atoms with Crippen LogP contribution in [0.15, 0.2) is 42.5 Å². The quantitative estimate of drug-likeness (QED) is 0.566. The number of nitrogens with two attached hydrogens (primary N) is 2. The van der Waals surface area contributed by atoms with Crippen molar-refractivity contribution < 1.29 is 9.53 Å². The van der Waals surface area contributed by atoms with Crippen LogP contribution < -0.4 is 21.5 Å². The molecule has 1 aliphatic heterocycles. The molecule has 138 valence electrons. The Hall–Kier alpha value is -2.53. The second-order valence-electron chi connectivity index (χ2n) is 7.41. The maximum Gasteiger partial charge on any atom is 0.193 e. The largest absolute Gasteiger partial charge is 0.486 e. The molecule has 0 bridgehead atoms. The molecule has 0 spiro atoms. The molecule has 1 fully saturated rings. The molecule has 26 heavy (non-hydrogen) atoms. The Bertz CT molecular complexity index is 778. The van der Waals surface area contributed by atoms with Crippen LogP contribution in [0.4, 0.5) is 11.4 Å². The number of ether oxygens (including phenoxy) is 1. The van der Waals surface area contributed by atoms with Crippen molar-refractivity contribution in [2.45, 2.75) is 44.8 Å². The topological polar surface area (TPSA) is 90.4 Å². The van der Waals surface area contributed by atoms with E-state index in [1.807, 2.05) is 12.1 Å². The predicted molar refractivity (Wildman–Crippen MR) is 105 cm³/mol. The average Bonchev–Trinajstić information content (AvgIpc) is 2.64. The van der Waals surface area contributed by atoms with Crippen LogP contribution in [0, 0.1) is 0 Å². The molecule has 0 aliphatic carbocycles. The summed E-state index contributed by atoms with van der Waals surface area (Å²) in [7, 11) is 0. The summed E-state index contributed by atoms with van der Waals surface area (Å²) in [5.41, 5.74) is 13.2. The predicted octanol–water partition coefficient (Wildman–Crippen LogP) is 3.38. The summed E-state index contributed by atoms with van der Waals surface area (Å²) in [5.74, 6) is 0.673. The summed E-state index contributed by atoms with van der Waals surface area (Å²) in [6, 6.07) is 12.5. The Morgan fingerprint density at radius 3 is 2.35 bits per heavy atom. The molecule has 1 atom stereocenters. The standard InChI is InChI=1S/C21H27N3O2/c1-21(2,19-5-3-4-12-24-19)26-16-9-6-14(7-10-16)20(25)15-8-11-17(22)18(23)13-15/h6-11,13,19,24H,3-5,12,22-23H2,1-2H3. The lowest BCUT2D eigenvalue weighted by molar-refractivity contribution is 0.0530. The Morgan fingerprint density at radius 2 is 1.73 bits per heavy atom. The van der Waals surface area contributed by atoms with Gasteiger partial charge in [0.05, 0.1) is 11.4 Å². The number of rotatable bonds is 5. The maximum atomic E-state index is 12.6. The van der Waals surface area contributed by atoms with Crippen LogP contribution in [0.25, 0.3) is 0 Å². The molecule has 1 aliphatic rings.